The molecule has 0 aliphatic carbocycles. The minimum Gasteiger partial charge on any atom is -0.381 e. The number of nitrogens with one attached hydrogen (secondary N) is 1. The smallest absolute Gasteiger partial charge is 0.146 e. The zero-order valence-corrected chi connectivity index (χ0v) is 9.15. The normalized spacial score (nSPS) is 21.8. The van der Waals surface area contributed by atoms with Crippen LogP contribution in [-0.2, 0) is 18.3 Å². The van der Waals surface area contributed by atoms with Gasteiger partial charge < -0.3 is 14.6 Å². The summed E-state index contributed by atoms with van der Waals surface area (Å²) in [5.74, 6) is 1.64. The Morgan fingerprint density at radius 2 is 2.60 bits per heavy atom. The van der Waals surface area contributed by atoms with Gasteiger partial charge in [-0.25, -0.2) is 0 Å². The van der Waals surface area contributed by atoms with Gasteiger partial charge in [0, 0.05) is 20.2 Å². The second kappa shape index (κ2) is 5.23. The average molecular weight is 210 g/mol. The van der Waals surface area contributed by atoms with Crippen LogP contribution in [0.25, 0.3) is 0 Å². The maximum atomic E-state index is 5.42. The van der Waals surface area contributed by atoms with E-state index in [0.717, 1.165) is 32.1 Å². The van der Waals surface area contributed by atoms with Crippen molar-refractivity contribution in [3.8, 4) is 0 Å². The van der Waals surface area contributed by atoms with Gasteiger partial charge in [-0.3, -0.25) is 0 Å². The predicted molar refractivity (Wildman–Crippen MR) is 56.3 cm³/mol. The van der Waals surface area contributed by atoms with Crippen molar-refractivity contribution >= 4 is 0 Å². The molecule has 1 unspecified atom stereocenters. The van der Waals surface area contributed by atoms with Gasteiger partial charge in [0.15, 0.2) is 0 Å². The molecular formula is C10H18N4O. The van der Waals surface area contributed by atoms with Gasteiger partial charge in [-0.1, -0.05) is 0 Å². The quantitative estimate of drug-likeness (QED) is 0.778. The molecule has 2 rings (SSSR count). The molecule has 15 heavy (non-hydrogen) atoms. The number of aryl methyl sites for hydroxylation is 1. The summed E-state index contributed by atoms with van der Waals surface area (Å²) in [5.41, 5.74) is 0. The molecule has 2 heterocycles. The summed E-state index contributed by atoms with van der Waals surface area (Å²) in [4.78, 5) is 0. The molecule has 1 saturated heterocycles. The molecular weight excluding hydrogens is 192 g/mol. The molecule has 1 N–H and O–H groups in total. The zero-order chi connectivity index (χ0) is 10.5. The lowest BCUT2D eigenvalue weighted by Gasteiger charge is -2.22. The molecule has 84 valence electrons. The van der Waals surface area contributed by atoms with Crippen LogP contribution < -0.4 is 5.32 Å². The third-order valence-electron chi connectivity index (χ3n) is 2.78. The molecule has 1 aromatic heterocycles. The van der Waals surface area contributed by atoms with Gasteiger partial charge in [0.25, 0.3) is 0 Å². The third kappa shape index (κ3) is 3.00. The highest BCUT2D eigenvalue weighted by atomic mass is 16.5. The van der Waals surface area contributed by atoms with Crippen molar-refractivity contribution in [3.63, 3.8) is 0 Å². The van der Waals surface area contributed by atoms with Crippen LogP contribution in [0.4, 0.5) is 0 Å². The number of ether oxygens (including phenoxy) is 1. The van der Waals surface area contributed by atoms with E-state index in [-0.39, 0.29) is 0 Å². The van der Waals surface area contributed by atoms with Gasteiger partial charge in [0.1, 0.15) is 12.2 Å². The largest absolute Gasteiger partial charge is 0.381 e. The molecule has 5 nitrogen and oxygen atoms in total. The van der Waals surface area contributed by atoms with E-state index in [1.165, 1.54) is 12.8 Å². The number of rotatable bonds is 4. The van der Waals surface area contributed by atoms with Crippen LogP contribution in [0, 0.1) is 5.92 Å². The fourth-order valence-corrected chi connectivity index (χ4v) is 1.82. The molecule has 0 amide bonds. The number of aromatic nitrogens is 3. The van der Waals surface area contributed by atoms with Crippen LogP contribution in [0.1, 0.15) is 18.7 Å². The van der Waals surface area contributed by atoms with Crippen molar-refractivity contribution in [1.29, 1.82) is 0 Å². The van der Waals surface area contributed by atoms with E-state index in [4.69, 9.17) is 4.74 Å². The van der Waals surface area contributed by atoms with Crippen molar-refractivity contribution in [2.45, 2.75) is 19.4 Å². The van der Waals surface area contributed by atoms with Crippen LogP contribution in [0.2, 0.25) is 0 Å². The van der Waals surface area contributed by atoms with Gasteiger partial charge >= 0.3 is 0 Å². The van der Waals surface area contributed by atoms with Crippen LogP contribution in [-0.4, -0.2) is 34.5 Å². The third-order valence-corrected chi connectivity index (χ3v) is 2.78. The first-order valence-corrected chi connectivity index (χ1v) is 5.47. The van der Waals surface area contributed by atoms with Gasteiger partial charge in [-0.15, -0.1) is 10.2 Å². The lowest BCUT2D eigenvalue weighted by molar-refractivity contribution is 0.0546. The van der Waals surface area contributed by atoms with Crippen molar-refractivity contribution < 1.29 is 4.74 Å². The fourth-order valence-electron chi connectivity index (χ4n) is 1.82. The molecule has 0 spiro atoms. The summed E-state index contributed by atoms with van der Waals surface area (Å²) >= 11 is 0. The van der Waals surface area contributed by atoms with Crippen LogP contribution >= 0.6 is 0 Å². The van der Waals surface area contributed by atoms with Crippen LogP contribution in [0.5, 0.6) is 0 Å². The summed E-state index contributed by atoms with van der Waals surface area (Å²) in [5, 5.41) is 11.2. The maximum Gasteiger partial charge on any atom is 0.146 e. The number of hydrogen-bond acceptors (Lipinski definition) is 4. The average Bonchev–Trinajstić information content (AvgIpc) is 2.66. The lowest BCUT2D eigenvalue weighted by atomic mass is 10.0. The molecule has 0 saturated carbocycles. The Kier molecular flexibility index (Phi) is 3.69. The Hall–Kier alpha value is -0.940. The Morgan fingerprint density at radius 1 is 1.67 bits per heavy atom. The fraction of sp³-hybridized carbons (Fsp3) is 0.800. The highest BCUT2D eigenvalue weighted by Gasteiger charge is 2.13. The minimum absolute atomic E-state index is 0.659. The molecule has 1 aliphatic rings. The highest BCUT2D eigenvalue weighted by Crippen LogP contribution is 2.12. The van der Waals surface area contributed by atoms with Gasteiger partial charge in [0.2, 0.25) is 0 Å². The first-order chi connectivity index (χ1) is 7.36. The summed E-state index contributed by atoms with van der Waals surface area (Å²) < 4.78 is 7.36. The second-order valence-electron chi connectivity index (χ2n) is 4.07. The van der Waals surface area contributed by atoms with Crippen molar-refractivity contribution in [2.24, 2.45) is 13.0 Å². The van der Waals surface area contributed by atoms with E-state index >= 15 is 0 Å². The predicted octanol–water partition coefficient (Wildman–Crippen LogP) is 0.331. The second-order valence-corrected chi connectivity index (χ2v) is 4.07. The van der Waals surface area contributed by atoms with Crippen molar-refractivity contribution in [1.82, 2.24) is 20.1 Å². The summed E-state index contributed by atoms with van der Waals surface area (Å²) in [7, 11) is 1.96. The van der Waals surface area contributed by atoms with E-state index in [1.54, 1.807) is 6.33 Å². The molecule has 0 bridgehead atoms. The van der Waals surface area contributed by atoms with E-state index in [1.807, 2.05) is 11.6 Å². The molecule has 1 aliphatic heterocycles. The van der Waals surface area contributed by atoms with E-state index < -0.39 is 0 Å². The summed E-state index contributed by atoms with van der Waals surface area (Å²) in [6.07, 6.45) is 4.18. The monoisotopic (exact) mass is 210 g/mol. The first kappa shape index (κ1) is 10.6. The van der Waals surface area contributed by atoms with E-state index in [2.05, 4.69) is 15.5 Å². The molecule has 0 radical (unpaired) electrons. The van der Waals surface area contributed by atoms with E-state index in [9.17, 15) is 0 Å². The number of hydrogen-bond donors (Lipinski definition) is 1. The van der Waals surface area contributed by atoms with Gasteiger partial charge in [-0.05, 0) is 18.8 Å². The van der Waals surface area contributed by atoms with Crippen LogP contribution in [0.15, 0.2) is 6.33 Å². The minimum atomic E-state index is 0.659. The summed E-state index contributed by atoms with van der Waals surface area (Å²) in [6, 6.07) is 0. The molecule has 1 fully saturated rings. The lowest BCUT2D eigenvalue weighted by Crippen LogP contribution is -2.29. The molecule has 1 aromatic rings. The maximum absolute atomic E-state index is 5.42. The Bertz CT molecular complexity index is 293. The SMILES string of the molecule is Cn1cnnc1CNCC1CCCOC1. The molecule has 0 aromatic carbocycles. The summed E-state index contributed by atoms with van der Waals surface area (Å²) in [6.45, 7) is 3.62. The van der Waals surface area contributed by atoms with Crippen molar-refractivity contribution in [2.75, 3.05) is 19.8 Å². The van der Waals surface area contributed by atoms with E-state index in [0.29, 0.717) is 5.92 Å². The standard InChI is InChI=1S/C10H18N4O/c1-14-8-12-13-10(14)6-11-5-9-3-2-4-15-7-9/h8-9,11H,2-7H2,1H3. The van der Waals surface area contributed by atoms with Crippen LogP contribution in [0.3, 0.4) is 0 Å². The van der Waals surface area contributed by atoms with Crippen molar-refractivity contribution in [3.05, 3.63) is 12.2 Å². The Labute approximate surface area is 89.8 Å². The van der Waals surface area contributed by atoms with Gasteiger partial charge in [0.05, 0.1) is 13.2 Å². The molecule has 1 atom stereocenters. The Morgan fingerprint density at radius 3 is 3.27 bits per heavy atom. The topological polar surface area (TPSA) is 52.0 Å². The highest BCUT2D eigenvalue weighted by molar-refractivity contribution is 4.83. The molecule has 5 heteroatoms. The van der Waals surface area contributed by atoms with Gasteiger partial charge in [-0.2, -0.15) is 0 Å². The zero-order valence-electron chi connectivity index (χ0n) is 9.15. The first-order valence-electron chi connectivity index (χ1n) is 5.47. The Balaban J connectivity index is 1.68. The number of nitrogens with zero attached hydrogens (tertiary/aromatic N) is 3.